The number of halogens is 3. The van der Waals surface area contributed by atoms with Crippen molar-refractivity contribution in [2.45, 2.75) is 64.0 Å². The van der Waals surface area contributed by atoms with Crippen LogP contribution < -0.4 is 5.32 Å². The van der Waals surface area contributed by atoms with Crippen LogP contribution in [0.2, 0.25) is 0 Å². The monoisotopic (exact) mass is 527 g/mol. The van der Waals surface area contributed by atoms with E-state index in [1.54, 1.807) is 32.9 Å². The van der Waals surface area contributed by atoms with Crippen LogP contribution in [0, 0.1) is 23.4 Å². The number of nitrogens with one attached hydrogen (secondary N) is 2. The number of aromatic nitrogens is 1. The molecule has 0 radical (unpaired) electrons. The molecule has 1 saturated carbocycles. The van der Waals surface area contributed by atoms with Gasteiger partial charge in [-0.25, -0.2) is 18.0 Å². The van der Waals surface area contributed by atoms with Gasteiger partial charge >= 0.3 is 6.09 Å². The van der Waals surface area contributed by atoms with Crippen LogP contribution in [0.25, 0.3) is 22.2 Å². The molecule has 2 aliphatic rings. The lowest BCUT2D eigenvalue weighted by molar-refractivity contribution is -0.125. The number of nitrogens with zero attached hydrogens (tertiary/aromatic N) is 1. The van der Waals surface area contributed by atoms with E-state index in [0.29, 0.717) is 36.2 Å². The highest BCUT2D eigenvalue weighted by molar-refractivity contribution is 5.92. The second-order valence-electron chi connectivity index (χ2n) is 11.3. The third kappa shape index (κ3) is 5.24. The van der Waals surface area contributed by atoms with Gasteiger partial charge in [-0.15, -0.1) is 0 Å². The minimum atomic E-state index is -0.677. The predicted molar refractivity (Wildman–Crippen MR) is 138 cm³/mol. The van der Waals surface area contributed by atoms with Crippen molar-refractivity contribution >= 4 is 22.9 Å². The highest BCUT2D eigenvalue weighted by Crippen LogP contribution is 2.48. The van der Waals surface area contributed by atoms with Gasteiger partial charge in [0.15, 0.2) is 0 Å². The first-order valence-corrected chi connectivity index (χ1v) is 13.0. The van der Waals surface area contributed by atoms with Gasteiger partial charge in [-0.2, -0.15) is 0 Å². The summed E-state index contributed by atoms with van der Waals surface area (Å²) in [6.45, 7) is 6.31. The van der Waals surface area contributed by atoms with E-state index in [9.17, 15) is 22.8 Å². The zero-order valence-corrected chi connectivity index (χ0v) is 21.7. The Hall–Kier alpha value is -3.49. The Labute approximate surface area is 219 Å². The fourth-order valence-corrected chi connectivity index (χ4v) is 5.59. The number of aromatic amines is 1. The summed E-state index contributed by atoms with van der Waals surface area (Å²) in [4.78, 5) is 30.0. The molecule has 6 nitrogen and oxygen atoms in total. The topological polar surface area (TPSA) is 74.4 Å². The molecule has 2 aromatic carbocycles. The van der Waals surface area contributed by atoms with Crippen LogP contribution in [0.1, 0.15) is 57.9 Å². The Bertz CT molecular complexity index is 1360. The molecule has 202 valence electrons. The summed E-state index contributed by atoms with van der Waals surface area (Å²) in [5.41, 5.74) is 1.73. The van der Waals surface area contributed by atoms with Crippen LogP contribution in [-0.2, 0) is 9.53 Å². The number of benzene rings is 2. The molecule has 2 heterocycles. The van der Waals surface area contributed by atoms with Gasteiger partial charge in [0, 0.05) is 24.5 Å². The number of H-pyrrole nitrogens is 1. The van der Waals surface area contributed by atoms with E-state index >= 15 is 0 Å². The van der Waals surface area contributed by atoms with Crippen LogP contribution in [-0.4, -0.2) is 46.6 Å². The van der Waals surface area contributed by atoms with Crippen molar-refractivity contribution in [3.63, 3.8) is 0 Å². The molecule has 2 N–H and O–H groups in total. The van der Waals surface area contributed by atoms with E-state index in [4.69, 9.17) is 4.74 Å². The maximum absolute atomic E-state index is 14.6. The Kier molecular flexibility index (Phi) is 6.88. The maximum atomic E-state index is 14.6. The van der Waals surface area contributed by atoms with Crippen LogP contribution in [0.4, 0.5) is 18.0 Å². The molecule has 1 saturated heterocycles. The smallest absolute Gasteiger partial charge is 0.410 e. The number of fused-ring (bicyclic) bond motifs is 1. The second-order valence-corrected chi connectivity index (χ2v) is 11.3. The van der Waals surface area contributed by atoms with Gasteiger partial charge in [0.1, 0.15) is 29.1 Å². The summed E-state index contributed by atoms with van der Waals surface area (Å²) in [5, 5.41) is 3.47. The minimum absolute atomic E-state index is 0.0247. The number of amides is 2. The molecule has 1 aromatic heterocycles. The lowest BCUT2D eigenvalue weighted by Gasteiger charge is -2.36. The first-order chi connectivity index (χ1) is 18.0. The van der Waals surface area contributed by atoms with E-state index in [1.165, 1.54) is 23.1 Å². The third-order valence-electron chi connectivity index (χ3n) is 7.39. The van der Waals surface area contributed by atoms with E-state index in [1.807, 2.05) is 0 Å². The molecule has 2 fully saturated rings. The van der Waals surface area contributed by atoms with E-state index < -0.39 is 29.4 Å². The molecule has 0 spiro atoms. The summed E-state index contributed by atoms with van der Waals surface area (Å²) < 4.78 is 47.7. The molecular weight excluding hydrogens is 495 g/mol. The Balaban J connectivity index is 1.27. The number of rotatable bonds is 5. The molecule has 0 bridgehead atoms. The van der Waals surface area contributed by atoms with Gasteiger partial charge in [-0.1, -0.05) is 0 Å². The normalized spacial score (nSPS) is 21.4. The van der Waals surface area contributed by atoms with Gasteiger partial charge in [0.25, 0.3) is 0 Å². The van der Waals surface area contributed by atoms with Crippen molar-refractivity contribution in [1.29, 1.82) is 0 Å². The van der Waals surface area contributed by atoms with Crippen molar-refractivity contribution in [1.82, 2.24) is 15.2 Å². The van der Waals surface area contributed by atoms with Gasteiger partial charge < -0.3 is 15.0 Å². The standard InChI is InChI=1S/C29H32F3N3O3/c1-29(2,3)38-28(37)35-10-4-5-23(35)27(36)33-15-16-11-18(12-16)24-21-13-20(31)14-22(32)26(21)34-25(24)17-6-8-19(30)9-7-17/h6-9,13-14,16,18,23,34H,4-5,10-12,15H2,1-3H3,(H,33,36)/t16?,18?,23-/m0/s1. The van der Waals surface area contributed by atoms with E-state index in [-0.39, 0.29) is 29.1 Å². The average Bonchev–Trinajstić information content (AvgIpc) is 3.43. The minimum Gasteiger partial charge on any atom is -0.444 e. The third-order valence-corrected chi connectivity index (χ3v) is 7.39. The molecular formula is C29H32F3N3O3. The molecule has 9 heteroatoms. The Morgan fingerprint density at radius 3 is 2.47 bits per heavy atom. The first kappa shape index (κ1) is 26.1. The summed E-state index contributed by atoms with van der Waals surface area (Å²) in [5.74, 6) is -1.70. The van der Waals surface area contributed by atoms with Gasteiger partial charge in [0.2, 0.25) is 5.91 Å². The number of hydrogen-bond donors (Lipinski definition) is 2. The highest BCUT2D eigenvalue weighted by atomic mass is 19.1. The van der Waals surface area contributed by atoms with Crippen LogP contribution >= 0.6 is 0 Å². The lowest BCUT2D eigenvalue weighted by Crippen LogP contribution is -2.49. The van der Waals surface area contributed by atoms with E-state index in [0.717, 1.165) is 30.9 Å². The molecule has 1 aliphatic heterocycles. The Morgan fingerprint density at radius 2 is 1.79 bits per heavy atom. The summed E-state index contributed by atoms with van der Waals surface area (Å²) in [7, 11) is 0. The van der Waals surface area contributed by atoms with Crippen LogP contribution in [0.3, 0.4) is 0 Å². The number of carbonyl (C=O) groups is 2. The van der Waals surface area contributed by atoms with Gasteiger partial charge in [-0.05, 0) is 99.7 Å². The SMILES string of the molecule is CC(C)(C)OC(=O)N1CCC[C@H]1C(=O)NCC1CC(c2c(-c3ccc(F)cc3)[nH]c3c(F)cc(F)cc23)C1. The number of likely N-dealkylation sites (tertiary alicyclic amines) is 1. The van der Waals surface area contributed by atoms with Crippen LogP contribution in [0.5, 0.6) is 0 Å². The Morgan fingerprint density at radius 1 is 1.08 bits per heavy atom. The second kappa shape index (κ2) is 10.0. The van der Waals surface area contributed by atoms with Crippen molar-refractivity contribution in [2.75, 3.05) is 13.1 Å². The van der Waals surface area contributed by atoms with Crippen molar-refractivity contribution in [3.05, 3.63) is 59.4 Å². The average molecular weight is 528 g/mol. The van der Waals surface area contributed by atoms with Crippen molar-refractivity contribution < 1.29 is 27.5 Å². The number of ether oxygens (including phenoxy) is 1. The summed E-state index contributed by atoms with van der Waals surface area (Å²) in [6.07, 6.45) is 2.29. The van der Waals surface area contributed by atoms with Crippen molar-refractivity contribution in [2.24, 2.45) is 5.92 Å². The maximum Gasteiger partial charge on any atom is 0.410 e. The molecule has 38 heavy (non-hydrogen) atoms. The largest absolute Gasteiger partial charge is 0.444 e. The zero-order chi connectivity index (χ0) is 27.2. The summed E-state index contributed by atoms with van der Waals surface area (Å²) >= 11 is 0. The van der Waals surface area contributed by atoms with Crippen LogP contribution in [0.15, 0.2) is 36.4 Å². The predicted octanol–water partition coefficient (Wildman–Crippen LogP) is 6.26. The fourth-order valence-electron chi connectivity index (χ4n) is 5.59. The molecule has 2 amide bonds. The van der Waals surface area contributed by atoms with Gasteiger partial charge in [-0.3, -0.25) is 9.69 Å². The lowest BCUT2D eigenvalue weighted by atomic mass is 9.70. The molecule has 3 aromatic rings. The highest BCUT2D eigenvalue weighted by Gasteiger charge is 2.38. The molecule has 1 aliphatic carbocycles. The molecule has 0 unspecified atom stereocenters. The number of carbonyl (C=O) groups excluding carboxylic acids is 2. The first-order valence-electron chi connectivity index (χ1n) is 13.0. The number of hydrogen-bond acceptors (Lipinski definition) is 3. The van der Waals surface area contributed by atoms with Crippen molar-refractivity contribution in [3.8, 4) is 11.3 Å². The zero-order valence-electron chi connectivity index (χ0n) is 21.7. The molecule has 5 rings (SSSR count). The van der Waals surface area contributed by atoms with E-state index in [2.05, 4.69) is 10.3 Å². The quantitative estimate of drug-likeness (QED) is 0.411. The summed E-state index contributed by atoms with van der Waals surface area (Å²) in [6, 6.07) is 7.54. The fraction of sp³-hybridized carbons (Fsp3) is 0.448. The molecule has 1 atom stereocenters. The van der Waals surface area contributed by atoms with Gasteiger partial charge in [0.05, 0.1) is 11.2 Å².